The van der Waals surface area contributed by atoms with Crippen molar-refractivity contribution in [2.45, 2.75) is 45.7 Å². The zero-order valence-corrected chi connectivity index (χ0v) is 16.1. The van der Waals surface area contributed by atoms with Gasteiger partial charge in [0.15, 0.2) is 0 Å². The van der Waals surface area contributed by atoms with E-state index < -0.39 is 0 Å². The van der Waals surface area contributed by atoms with Crippen molar-refractivity contribution in [3.63, 3.8) is 0 Å². The summed E-state index contributed by atoms with van der Waals surface area (Å²) < 4.78 is 0. The van der Waals surface area contributed by atoms with Crippen LogP contribution in [0, 0.1) is 5.41 Å². The Morgan fingerprint density at radius 2 is 2.12 bits per heavy atom. The van der Waals surface area contributed by atoms with E-state index in [1.165, 1.54) is 0 Å². The molecule has 0 unspecified atom stereocenters. The van der Waals surface area contributed by atoms with Gasteiger partial charge in [0.05, 0.1) is 17.7 Å². The molecule has 0 aliphatic carbocycles. The number of nitrogens with zero attached hydrogens (tertiary/aromatic N) is 4. The first-order valence-electron chi connectivity index (χ1n) is 9.58. The van der Waals surface area contributed by atoms with Crippen molar-refractivity contribution in [1.82, 2.24) is 19.7 Å². The van der Waals surface area contributed by atoms with Gasteiger partial charge in [0.1, 0.15) is 0 Å². The molecule has 0 saturated carbocycles. The number of amides is 2. The highest BCUT2D eigenvalue weighted by molar-refractivity contribution is 5.86. The summed E-state index contributed by atoms with van der Waals surface area (Å²) in [6.45, 7) is 7.25. The molecule has 1 spiro atoms. The molecule has 142 valence electrons. The third-order valence-corrected chi connectivity index (χ3v) is 5.66. The number of carbonyl (C=O) groups excluding carboxylic acids is 2. The van der Waals surface area contributed by atoms with E-state index in [9.17, 15) is 9.59 Å². The highest BCUT2D eigenvalue weighted by atomic mass is 16.2. The van der Waals surface area contributed by atoms with Crippen molar-refractivity contribution in [2.24, 2.45) is 5.41 Å². The van der Waals surface area contributed by atoms with Crippen molar-refractivity contribution in [2.75, 3.05) is 33.2 Å². The van der Waals surface area contributed by atoms with Crippen LogP contribution < -0.4 is 0 Å². The second-order valence-corrected chi connectivity index (χ2v) is 8.03. The number of likely N-dealkylation sites (N-methyl/N-ethyl adjacent to an activating group) is 1. The van der Waals surface area contributed by atoms with Crippen molar-refractivity contribution < 1.29 is 9.59 Å². The van der Waals surface area contributed by atoms with Gasteiger partial charge in [0.25, 0.3) is 0 Å². The predicted octanol–water partition coefficient (Wildman–Crippen LogP) is 1.76. The fraction of sp³-hybridized carbons (Fsp3) is 0.650. The summed E-state index contributed by atoms with van der Waals surface area (Å²) in [4.78, 5) is 35.9. The average molecular weight is 358 g/mol. The maximum absolute atomic E-state index is 13.0. The normalized spacial score (nSPS) is 23.5. The van der Waals surface area contributed by atoms with Crippen LogP contribution >= 0.6 is 0 Å². The third-order valence-electron chi connectivity index (χ3n) is 5.66. The Balaban J connectivity index is 1.57. The van der Waals surface area contributed by atoms with Crippen LogP contribution in [-0.2, 0) is 16.1 Å². The first kappa shape index (κ1) is 18.8. The lowest BCUT2D eigenvalue weighted by Gasteiger charge is -2.41. The van der Waals surface area contributed by atoms with Crippen LogP contribution in [0.3, 0.4) is 0 Å². The monoisotopic (exact) mass is 358 g/mol. The topological polar surface area (TPSA) is 56.8 Å². The van der Waals surface area contributed by atoms with Gasteiger partial charge in [0.2, 0.25) is 11.8 Å². The molecule has 1 aromatic rings. The Bertz CT molecular complexity index is 648. The van der Waals surface area contributed by atoms with E-state index in [0.29, 0.717) is 26.2 Å². The summed E-state index contributed by atoms with van der Waals surface area (Å²) in [7, 11) is 1.94. The smallest absolute Gasteiger partial charge is 0.236 e. The minimum atomic E-state index is -0.349. The van der Waals surface area contributed by atoms with Crippen LogP contribution in [0.1, 0.15) is 38.8 Å². The summed E-state index contributed by atoms with van der Waals surface area (Å²) >= 11 is 0. The Hall–Kier alpha value is -1.95. The Labute approximate surface area is 156 Å². The standard InChI is InChI=1S/C20H30N4O2/c1-16(2)24-11-6-8-20(19(24)26)9-12-23(15-20)18(25)14-22(3)13-17-7-4-5-10-21-17/h4-5,7,10,16H,6,8-9,11-15H2,1-3H3/t20-/m0/s1. The molecule has 0 bridgehead atoms. The van der Waals surface area contributed by atoms with E-state index >= 15 is 0 Å². The molecule has 2 aliphatic heterocycles. The third kappa shape index (κ3) is 3.90. The van der Waals surface area contributed by atoms with Gasteiger partial charge in [-0.15, -0.1) is 0 Å². The number of piperidine rings is 1. The van der Waals surface area contributed by atoms with Gasteiger partial charge < -0.3 is 9.80 Å². The zero-order chi connectivity index (χ0) is 18.7. The fourth-order valence-electron chi connectivity index (χ4n) is 4.21. The van der Waals surface area contributed by atoms with Crippen LogP contribution in [0.4, 0.5) is 0 Å². The molecule has 2 saturated heterocycles. The lowest BCUT2D eigenvalue weighted by Crippen LogP contribution is -2.53. The molecule has 0 aromatic carbocycles. The van der Waals surface area contributed by atoms with Gasteiger partial charge in [0, 0.05) is 38.4 Å². The van der Waals surface area contributed by atoms with E-state index in [1.807, 2.05) is 39.9 Å². The summed E-state index contributed by atoms with van der Waals surface area (Å²) in [6, 6.07) is 6.04. The molecule has 3 heterocycles. The Kier molecular flexibility index (Phi) is 5.61. The van der Waals surface area contributed by atoms with Crippen molar-refractivity contribution in [1.29, 1.82) is 0 Å². The molecule has 6 nitrogen and oxygen atoms in total. The van der Waals surface area contributed by atoms with Gasteiger partial charge >= 0.3 is 0 Å². The highest BCUT2D eigenvalue weighted by Gasteiger charge is 2.49. The molecular formula is C20H30N4O2. The summed E-state index contributed by atoms with van der Waals surface area (Å²) in [5, 5.41) is 0. The molecule has 2 fully saturated rings. The van der Waals surface area contributed by atoms with Gasteiger partial charge in [-0.05, 0) is 52.3 Å². The number of likely N-dealkylation sites (tertiary alicyclic amines) is 2. The number of hydrogen-bond acceptors (Lipinski definition) is 4. The molecule has 2 aliphatic rings. The SMILES string of the molecule is CC(C)N1CCC[C@@]2(CCN(C(=O)CN(C)Cc3ccccn3)C2)C1=O. The molecule has 0 N–H and O–H groups in total. The highest BCUT2D eigenvalue weighted by Crippen LogP contribution is 2.40. The van der Waals surface area contributed by atoms with Gasteiger partial charge in [-0.1, -0.05) is 6.07 Å². The van der Waals surface area contributed by atoms with Crippen molar-refractivity contribution in [3.8, 4) is 0 Å². The number of carbonyl (C=O) groups is 2. The maximum Gasteiger partial charge on any atom is 0.236 e. The number of hydrogen-bond donors (Lipinski definition) is 0. The van der Waals surface area contributed by atoms with Crippen LogP contribution in [0.2, 0.25) is 0 Å². The number of pyridine rings is 1. The quantitative estimate of drug-likeness (QED) is 0.805. The molecule has 0 radical (unpaired) electrons. The van der Waals surface area contributed by atoms with E-state index in [4.69, 9.17) is 0 Å². The first-order chi connectivity index (χ1) is 12.4. The maximum atomic E-state index is 13.0. The second-order valence-electron chi connectivity index (χ2n) is 8.03. The van der Waals surface area contributed by atoms with E-state index in [-0.39, 0.29) is 23.3 Å². The summed E-state index contributed by atoms with van der Waals surface area (Å²) in [5.74, 6) is 0.352. The molecule has 26 heavy (non-hydrogen) atoms. The lowest BCUT2D eigenvalue weighted by atomic mass is 9.78. The van der Waals surface area contributed by atoms with E-state index in [0.717, 1.165) is 31.5 Å². The molecule has 1 atom stereocenters. The van der Waals surface area contributed by atoms with Crippen LogP contribution in [-0.4, -0.2) is 70.8 Å². The molecule has 6 heteroatoms. The van der Waals surface area contributed by atoms with Crippen LogP contribution in [0.5, 0.6) is 0 Å². The fourth-order valence-corrected chi connectivity index (χ4v) is 4.21. The zero-order valence-electron chi connectivity index (χ0n) is 16.1. The van der Waals surface area contributed by atoms with Crippen LogP contribution in [0.15, 0.2) is 24.4 Å². The Morgan fingerprint density at radius 1 is 1.31 bits per heavy atom. The first-order valence-corrected chi connectivity index (χ1v) is 9.58. The Morgan fingerprint density at radius 3 is 2.81 bits per heavy atom. The second kappa shape index (κ2) is 7.74. The lowest BCUT2D eigenvalue weighted by molar-refractivity contribution is -0.148. The van der Waals surface area contributed by atoms with Gasteiger partial charge in [-0.25, -0.2) is 0 Å². The molecule has 3 rings (SSSR count). The number of aromatic nitrogens is 1. The van der Waals surface area contributed by atoms with Gasteiger partial charge in [-0.2, -0.15) is 0 Å². The van der Waals surface area contributed by atoms with E-state index in [2.05, 4.69) is 18.8 Å². The minimum absolute atomic E-state index is 0.106. The van der Waals surface area contributed by atoms with Gasteiger partial charge in [-0.3, -0.25) is 19.5 Å². The largest absolute Gasteiger partial charge is 0.340 e. The minimum Gasteiger partial charge on any atom is -0.340 e. The average Bonchev–Trinajstić information content (AvgIpc) is 3.03. The van der Waals surface area contributed by atoms with Crippen molar-refractivity contribution in [3.05, 3.63) is 30.1 Å². The summed E-state index contributed by atoms with van der Waals surface area (Å²) in [6.07, 6.45) is 4.50. The number of rotatable bonds is 5. The summed E-state index contributed by atoms with van der Waals surface area (Å²) in [5.41, 5.74) is 0.605. The molecule has 2 amide bonds. The van der Waals surface area contributed by atoms with Crippen molar-refractivity contribution >= 4 is 11.8 Å². The molecule has 1 aromatic heterocycles. The predicted molar refractivity (Wildman–Crippen MR) is 100 cm³/mol. The molecular weight excluding hydrogens is 328 g/mol. The van der Waals surface area contributed by atoms with E-state index in [1.54, 1.807) is 6.20 Å². The van der Waals surface area contributed by atoms with Crippen LogP contribution in [0.25, 0.3) is 0 Å².